The van der Waals surface area contributed by atoms with Gasteiger partial charge in [-0.2, -0.15) is 17.4 Å². The number of rotatable bonds is 7. The number of benzene rings is 1. The van der Waals surface area contributed by atoms with Gasteiger partial charge in [-0.3, -0.25) is 0 Å². The van der Waals surface area contributed by atoms with Crippen LogP contribution in [-0.2, 0) is 20.0 Å². The van der Waals surface area contributed by atoms with Crippen LogP contribution in [0.25, 0.3) is 0 Å². The quantitative estimate of drug-likeness (QED) is 0.815. The van der Waals surface area contributed by atoms with Crippen LogP contribution in [-0.4, -0.2) is 40.5 Å². The first-order valence-corrected chi connectivity index (χ1v) is 10.0. The van der Waals surface area contributed by atoms with Crippen LogP contribution in [0.15, 0.2) is 29.2 Å². The third-order valence-electron chi connectivity index (χ3n) is 3.18. The van der Waals surface area contributed by atoms with Crippen LogP contribution in [0.1, 0.15) is 32.4 Å². The number of nitrogens with one attached hydrogen (secondary N) is 1. The summed E-state index contributed by atoms with van der Waals surface area (Å²) in [4.78, 5) is 0.213. The van der Waals surface area contributed by atoms with Crippen LogP contribution in [0, 0.1) is 0 Å². The lowest BCUT2D eigenvalue weighted by Gasteiger charge is -2.22. The van der Waals surface area contributed by atoms with Crippen molar-refractivity contribution in [2.75, 3.05) is 19.3 Å². The van der Waals surface area contributed by atoms with Gasteiger partial charge in [-0.05, 0) is 24.6 Å². The molecule has 0 radical (unpaired) electrons. The Bertz CT molecular complexity index is 663. The summed E-state index contributed by atoms with van der Waals surface area (Å²) in [7, 11) is -6.79. The largest absolute Gasteiger partial charge is 0.279 e. The van der Waals surface area contributed by atoms with Crippen molar-refractivity contribution in [3.05, 3.63) is 29.8 Å². The SMILES string of the molecule is CCN(CC)S(=O)(=O)N[C@H](C)c1ccc(S(C)(=O)=O)cc1. The molecule has 1 rings (SSSR count). The Kier molecular flexibility index (Phi) is 5.92. The fourth-order valence-electron chi connectivity index (χ4n) is 1.93. The smallest absolute Gasteiger partial charge is 0.224 e. The van der Waals surface area contributed by atoms with Crippen LogP contribution in [0.2, 0.25) is 0 Å². The van der Waals surface area contributed by atoms with Crippen molar-refractivity contribution in [3.8, 4) is 0 Å². The maximum atomic E-state index is 12.1. The average molecular weight is 334 g/mol. The summed E-state index contributed by atoms with van der Waals surface area (Å²) < 4.78 is 50.9. The Morgan fingerprint density at radius 2 is 1.52 bits per heavy atom. The molecule has 1 aromatic carbocycles. The van der Waals surface area contributed by atoms with E-state index in [2.05, 4.69) is 4.72 Å². The van der Waals surface area contributed by atoms with Gasteiger partial charge < -0.3 is 0 Å². The lowest BCUT2D eigenvalue weighted by molar-refractivity contribution is 0.429. The standard InChI is InChI=1S/C13H22N2O4S2/c1-5-15(6-2)21(18,19)14-11(3)12-7-9-13(10-8-12)20(4,16)17/h7-11,14H,5-6H2,1-4H3/t11-/m1/s1. The van der Waals surface area contributed by atoms with E-state index < -0.39 is 26.1 Å². The van der Waals surface area contributed by atoms with Crippen molar-refractivity contribution in [1.82, 2.24) is 9.03 Å². The van der Waals surface area contributed by atoms with Crippen molar-refractivity contribution >= 4 is 20.0 Å². The van der Waals surface area contributed by atoms with Crippen molar-refractivity contribution in [3.63, 3.8) is 0 Å². The molecule has 0 amide bonds. The molecule has 21 heavy (non-hydrogen) atoms. The molecule has 1 aromatic rings. The van der Waals surface area contributed by atoms with Crippen LogP contribution < -0.4 is 4.72 Å². The summed E-state index contributed by atoms with van der Waals surface area (Å²) in [5.41, 5.74) is 0.707. The highest BCUT2D eigenvalue weighted by Gasteiger charge is 2.21. The van der Waals surface area contributed by atoms with E-state index in [4.69, 9.17) is 0 Å². The molecule has 8 heteroatoms. The number of sulfone groups is 1. The highest BCUT2D eigenvalue weighted by Crippen LogP contribution is 2.17. The molecule has 0 saturated carbocycles. The first-order chi connectivity index (χ1) is 9.61. The minimum atomic E-state index is -3.54. The summed E-state index contributed by atoms with van der Waals surface area (Å²) in [5.74, 6) is 0. The van der Waals surface area contributed by atoms with Crippen molar-refractivity contribution < 1.29 is 16.8 Å². The molecule has 0 bridgehead atoms. The van der Waals surface area contributed by atoms with Gasteiger partial charge in [-0.15, -0.1) is 0 Å². The number of hydrogen-bond acceptors (Lipinski definition) is 4. The zero-order chi connectivity index (χ0) is 16.3. The second-order valence-electron chi connectivity index (χ2n) is 4.77. The van der Waals surface area contributed by atoms with Gasteiger partial charge in [0.2, 0.25) is 0 Å². The molecule has 0 aromatic heterocycles. The molecule has 6 nitrogen and oxygen atoms in total. The lowest BCUT2D eigenvalue weighted by Crippen LogP contribution is -2.41. The highest BCUT2D eigenvalue weighted by molar-refractivity contribution is 7.90. The zero-order valence-corrected chi connectivity index (χ0v) is 14.3. The first-order valence-electron chi connectivity index (χ1n) is 6.69. The molecule has 0 saturated heterocycles. The van der Waals surface area contributed by atoms with Gasteiger partial charge in [-0.25, -0.2) is 8.42 Å². The predicted octanol–water partition coefficient (Wildman–Crippen LogP) is 1.33. The van der Waals surface area contributed by atoms with Crippen molar-refractivity contribution in [2.24, 2.45) is 0 Å². The first kappa shape index (κ1) is 18.1. The van der Waals surface area contributed by atoms with Crippen LogP contribution >= 0.6 is 0 Å². The van der Waals surface area contributed by atoms with Gasteiger partial charge in [-0.1, -0.05) is 26.0 Å². The second kappa shape index (κ2) is 6.87. The van der Waals surface area contributed by atoms with E-state index in [0.29, 0.717) is 18.7 Å². The summed E-state index contributed by atoms with van der Waals surface area (Å²) in [6.45, 7) is 6.05. The molecule has 0 aliphatic rings. The highest BCUT2D eigenvalue weighted by atomic mass is 32.2. The van der Waals surface area contributed by atoms with Gasteiger partial charge in [0.25, 0.3) is 10.2 Å². The monoisotopic (exact) mass is 334 g/mol. The summed E-state index contributed by atoms with van der Waals surface area (Å²) in [6.07, 6.45) is 1.13. The molecule has 0 spiro atoms. The Morgan fingerprint density at radius 1 is 1.05 bits per heavy atom. The van der Waals surface area contributed by atoms with E-state index in [1.54, 1.807) is 32.9 Å². The van der Waals surface area contributed by atoms with Crippen LogP contribution in [0.4, 0.5) is 0 Å². The van der Waals surface area contributed by atoms with Crippen molar-refractivity contribution in [1.29, 1.82) is 0 Å². The average Bonchev–Trinajstić information content (AvgIpc) is 2.38. The topological polar surface area (TPSA) is 83.6 Å². The van der Waals surface area contributed by atoms with E-state index in [-0.39, 0.29) is 4.90 Å². The fourth-order valence-corrected chi connectivity index (χ4v) is 3.98. The maximum absolute atomic E-state index is 12.1. The third kappa shape index (κ3) is 4.77. The summed E-state index contributed by atoms with van der Waals surface area (Å²) >= 11 is 0. The number of hydrogen-bond donors (Lipinski definition) is 1. The van der Waals surface area contributed by atoms with Crippen LogP contribution in [0.3, 0.4) is 0 Å². The third-order valence-corrected chi connectivity index (χ3v) is 6.16. The minimum Gasteiger partial charge on any atom is -0.224 e. The van der Waals surface area contributed by atoms with E-state index in [1.807, 2.05) is 0 Å². The fraction of sp³-hybridized carbons (Fsp3) is 0.538. The molecule has 1 atom stereocenters. The molecular weight excluding hydrogens is 312 g/mol. The lowest BCUT2D eigenvalue weighted by atomic mass is 10.1. The number of nitrogens with zero attached hydrogens (tertiary/aromatic N) is 1. The van der Waals surface area contributed by atoms with Gasteiger partial charge in [0.05, 0.1) is 4.90 Å². The van der Waals surface area contributed by atoms with E-state index in [9.17, 15) is 16.8 Å². The van der Waals surface area contributed by atoms with Crippen LogP contribution in [0.5, 0.6) is 0 Å². The Labute approximate surface area is 127 Å². The minimum absolute atomic E-state index is 0.213. The Balaban J connectivity index is 2.92. The molecular formula is C13H22N2O4S2. The normalized spacial score (nSPS) is 14.3. The molecule has 0 heterocycles. The second-order valence-corrected chi connectivity index (χ2v) is 8.49. The molecule has 0 aliphatic heterocycles. The van der Waals surface area contributed by atoms with Crippen molar-refractivity contribution in [2.45, 2.75) is 31.7 Å². The van der Waals surface area contributed by atoms with Gasteiger partial charge in [0.15, 0.2) is 9.84 Å². The Hall–Kier alpha value is -0.960. The van der Waals surface area contributed by atoms with E-state index in [0.717, 1.165) is 6.26 Å². The molecule has 120 valence electrons. The van der Waals surface area contributed by atoms with E-state index in [1.165, 1.54) is 16.4 Å². The molecule has 0 aliphatic carbocycles. The maximum Gasteiger partial charge on any atom is 0.279 e. The summed E-state index contributed by atoms with van der Waals surface area (Å²) in [6, 6.07) is 5.75. The van der Waals surface area contributed by atoms with Gasteiger partial charge >= 0.3 is 0 Å². The molecule has 0 unspecified atom stereocenters. The van der Waals surface area contributed by atoms with Gasteiger partial charge in [0, 0.05) is 25.4 Å². The molecule has 1 N–H and O–H groups in total. The Morgan fingerprint density at radius 3 is 1.90 bits per heavy atom. The van der Waals surface area contributed by atoms with E-state index >= 15 is 0 Å². The predicted molar refractivity (Wildman–Crippen MR) is 82.9 cm³/mol. The van der Waals surface area contributed by atoms with Gasteiger partial charge in [0.1, 0.15) is 0 Å². The molecule has 0 fully saturated rings. The zero-order valence-electron chi connectivity index (χ0n) is 12.7. The summed E-state index contributed by atoms with van der Waals surface area (Å²) in [5, 5.41) is 0.